The molecule has 0 unspecified atom stereocenters. The molecule has 1 aromatic carbocycles. The van der Waals surface area contributed by atoms with Gasteiger partial charge in [-0.3, -0.25) is 14.9 Å². The fourth-order valence-electron chi connectivity index (χ4n) is 2.54. The van der Waals surface area contributed by atoms with Crippen LogP contribution in [0.25, 0.3) is 0 Å². The van der Waals surface area contributed by atoms with E-state index in [1.54, 1.807) is 6.07 Å². The number of anilines is 1. The highest BCUT2D eigenvalue weighted by atomic mass is 16.6. The maximum absolute atomic E-state index is 11.8. The molecule has 0 atom stereocenters. The summed E-state index contributed by atoms with van der Waals surface area (Å²) in [6.07, 6.45) is 2.61. The number of hydrogen-bond donors (Lipinski definition) is 1. The van der Waals surface area contributed by atoms with Gasteiger partial charge >= 0.3 is 0 Å². The largest absolute Gasteiger partial charge is 0.325 e. The van der Waals surface area contributed by atoms with Gasteiger partial charge in [-0.2, -0.15) is 0 Å². The van der Waals surface area contributed by atoms with E-state index in [1.165, 1.54) is 12.1 Å². The molecule has 5 heteroatoms. The summed E-state index contributed by atoms with van der Waals surface area (Å²) >= 11 is 0. The van der Waals surface area contributed by atoms with Gasteiger partial charge in [-0.05, 0) is 24.5 Å². The van der Waals surface area contributed by atoms with Crippen molar-refractivity contribution in [1.29, 1.82) is 0 Å². The number of fused-ring (bicyclic) bond motifs is 2. The average Bonchev–Trinajstić information content (AvgIpc) is 2.73. The molecule has 1 aromatic rings. The summed E-state index contributed by atoms with van der Waals surface area (Å²) in [5.41, 5.74) is 1.12. The standard InChI is InChI=1S/C11H10N2O3.2C2H6/c14-10-11(4-1-5-11)8-6-7(13(15)16)2-3-9(8)12-10;2*1-2/h2-3,6H,1,4-5H2,(H,12,14);2*1-2H3. The third-order valence-corrected chi connectivity index (χ3v) is 3.62. The molecule has 1 spiro atoms. The molecule has 0 saturated heterocycles. The number of hydrogen-bond acceptors (Lipinski definition) is 3. The predicted molar refractivity (Wildman–Crippen MR) is 80.0 cm³/mol. The summed E-state index contributed by atoms with van der Waals surface area (Å²) in [6, 6.07) is 4.58. The number of nitro groups is 1. The van der Waals surface area contributed by atoms with Gasteiger partial charge < -0.3 is 5.32 Å². The van der Waals surface area contributed by atoms with Gasteiger partial charge in [-0.15, -0.1) is 0 Å². The van der Waals surface area contributed by atoms with Crippen LogP contribution in [-0.4, -0.2) is 10.8 Å². The Morgan fingerprint density at radius 1 is 1.20 bits per heavy atom. The van der Waals surface area contributed by atoms with Crippen molar-refractivity contribution in [2.75, 3.05) is 5.32 Å². The zero-order valence-electron chi connectivity index (χ0n) is 12.5. The molecule has 2 aliphatic rings. The smallest absolute Gasteiger partial charge is 0.269 e. The van der Waals surface area contributed by atoms with E-state index in [2.05, 4.69) is 5.32 Å². The second-order valence-corrected chi connectivity index (χ2v) is 4.38. The highest BCUT2D eigenvalue weighted by Gasteiger charge is 2.51. The Bertz CT molecular complexity index is 508. The van der Waals surface area contributed by atoms with Gasteiger partial charge in [0, 0.05) is 17.8 Å². The van der Waals surface area contributed by atoms with Crippen LogP contribution < -0.4 is 5.32 Å². The van der Waals surface area contributed by atoms with Gasteiger partial charge in [-0.25, -0.2) is 0 Å². The molecule has 1 aliphatic heterocycles. The summed E-state index contributed by atoms with van der Waals surface area (Å²) in [5, 5.41) is 13.5. The number of nitrogens with one attached hydrogen (secondary N) is 1. The summed E-state index contributed by atoms with van der Waals surface area (Å²) in [5.74, 6) is -0.00533. The summed E-state index contributed by atoms with van der Waals surface area (Å²) in [6.45, 7) is 8.00. The maximum atomic E-state index is 11.8. The molecule has 1 saturated carbocycles. The van der Waals surface area contributed by atoms with E-state index in [4.69, 9.17) is 0 Å². The van der Waals surface area contributed by atoms with E-state index < -0.39 is 10.3 Å². The third-order valence-electron chi connectivity index (χ3n) is 3.62. The van der Waals surface area contributed by atoms with Crippen LogP contribution in [0.2, 0.25) is 0 Å². The molecule has 0 bridgehead atoms. The van der Waals surface area contributed by atoms with Crippen molar-refractivity contribution in [1.82, 2.24) is 0 Å². The highest BCUT2D eigenvalue weighted by Crippen LogP contribution is 2.51. The minimum absolute atomic E-state index is 0.00533. The van der Waals surface area contributed by atoms with Crippen molar-refractivity contribution in [2.45, 2.75) is 52.4 Å². The van der Waals surface area contributed by atoms with Crippen LogP contribution in [0.3, 0.4) is 0 Å². The second-order valence-electron chi connectivity index (χ2n) is 4.38. The molecule has 3 rings (SSSR count). The second kappa shape index (κ2) is 6.50. The van der Waals surface area contributed by atoms with E-state index in [0.29, 0.717) is 0 Å². The van der Waals surface area contributed by atoms with Gasteiger partial charge in [0.05, 0.1) is 10.3 Å². The first kappa shape index (κ1) is 16.1. The number of amides is 1. The highest BCUT2D eigenvalue weighted by molar-refractivity contribution is 6.07. The van der Waals surface area contributed by atoms with Gasteiger partial charge in [0.15, 0.2) is 0 Å². The molecule has 20 heavy (non-hydrogen) atoms. The van der Waals surface area contributed by atoms with Crippen molar-refractivity contribution in [3.05, 3.63) is 33.9 Å². The Kier molecular flexibility index (Phi) is 5.25. The van der Waals surface area contributed by atoms with Crippen molar-refractivity contribution in [2.24, 2.45) is 0 Å². The minimum atomic E-state index is -0.471. The lowest BCUT2D eigenvalue weighted by Crippen LogP contribution is -2.40. The van der Waals surface area contributed by atoms with E-state index >= 15 is 0 Å². The van der Waals surface area contributed by atoms with Crippen LogP contribution in [0.15, 0.2) is 18.2 Å². The number of carbonyl (C=O) groups excluding carboxylic acids is 1. The van der Waals surface area contributed by atoms with Crippen molar-refractivity contribution in [3.63, 3.8) is 0 Å². The zero-order valence-corrected chi connectivity index (χ0v) is 12.5. The molecule has 5 nitrogen and oxygen atoms in total. The van der Waals surface area contributed by atoms with E-state index in [9.17, 15) is 14.9 Å². The monoisotopic (exact) mass is 278 g/mol. The molecule has 1 fully saturated rings. The Labute approximate surface area is 119 Å². The lowest BCUT2D eigenvalue weighted by atomic mass is 9.65. The van der Waals surface area contributed by atoms with Crippen LogP contribution in [-0.2, 0) is 10.2 Å². The van der Waals surface area contributed by atoms with Crippen LogP contribution in [0.1, 0.15) is 52.5 Å². The van der Waals surface area contributed by atoms with Crippen LogP contribution in [0.5, 0.6) is 0 Å². The lowest BCUT2D eigenvalue weighted by Gasteiger charge is -2.35. The lowest BCUT2D eigenvalue weighted by molar-refractivity contribution is -0.384. The molecule has 0 radical (unpaired) electrons. The fourth-order valence-corrected chi connectivity index (χ4v) is 2.54. The third kappa shape index (κ3) is 2.40. The van der Waals surface area contributed by atoms with Crippen LogP contribution >= 0.6 is 0 Å². The first-order valence-electron chi connectivity index (χ1n) is 7.24. The Hall–Kier alpha value is -1.91. The Morgan fingerprint density at radius 3 is 2.25 bits per heavy atom. The van der Waals surface area contributed by atoms with E-state index in [-0.39, 0.29) is 11.6 Å². The number of rotatable bonds is 1. The number of nitrogens with zero attached hydrogens (tertiary/aromatic N) is 1. The van der Waals surface area contributed by atoms with E-state index in [0.717, 1.165) is 30.5 Å². The van der Waals surface area contributed by atoms with Crippen LogP contribution in [0.4, 0.5) is 11.4 Å². The van der Waals surface area contributed by atoms with Gasteiger partial charge in [-0.1, -0.05) is 34.1 Å². The summed E-state index contributed by atoms with van der Waals surface area (Å²) in [7, 11) is 0. The first-order valence-corrected chi connectivity index (χ1v) is 7.24. The van der Waals surface area contributed by atoms with Crippen molar-refractivity contribution >= 4 is 17.3 Å². The maximum Gasteiger partial charge on any atom is 0.269 e. The predicted octanol–water partition coefficient (Wildman–Crippen LogP) is 4.02. The van der Waals surface area contributed by atoms with Gasteiger partial charge in [0.25, 0.3) is 5.69 Å². The molecule has 0 aromatic heterocycles. The summed E-state index contributed by atoms with van der Waals surface area (Å²) < 4.78 is 0. The van der Waals surface area contributed by atoms with Gasteiger partial charge in [0.1, 0.15) is 0 Å². The summed E-state index contributed by atoms with van der Waals surface area (Å²) in [4.78, 5) is 22.1. The molecule has 1 heterocycles. The number of nitro benzene ring substituents is 1. The van der Waals surface area contributed by atoms with Crippen molar-refractivity contribution in [3.8, 4) is 0 Å². The molecule has 110 valence electrons. The van der Waals surface area contributed by atoms with Gasteiger partial charge in [0.2, 0.25) is 5.91 Å². The number of carbonyl (C=O) groups is 1. The van der Waals surface area contributed by atoms with Crippen LogP contribution in [0, 0.1) is 10.1 Å². The Balaban J connectivity index is 0.000000461. The zero-order chi connectivity index (χ0) is 15.3. The van der Waals surface area contributed by atoms with E-state index in [1.807, 2.05) is 27.7 Å². The molecule has 1 N–H and O–H groups in total. The quantitative estimate of drug-likeness (QED) is 0.623. The molecular weight excluding hydrogens is 256 g/mol. The topological polar surface area (TPSA) is 72.2 Å². The first-order chi connectivity index (χ1) is 9.63. The molecular formula is C15H22N2O3. The minimum Gasteiger partial charge on any atom is -0.325 e. The molecule has 1 amide bonds. The average molecular weight is 278 g/mol. The van der Waals surface area contributed by atoms with Crippen molar-refractivity contribution < 1.29 is 9.72 Å². The normalized spacial score (nSPS) is 16.7. The number of benzene rings is 1. The fraction of sp³-hybridized carbons (Fsp3) is 0.533. The molecule has 1 aliphatic carbocycles. The number of non-ortho nitro benzene ring substituents is 1. The Morgan fingerprint density at radius 2 is 1.80 bits per heavy atom. The SMILES string of the molecule is CC.CC.O=C1Nc2ccc([N+](=O)[O-])cc2C12CCC2.